The number of benzene rings is 1. The van der Waals surface area contributed by atoms with Crippen molar-refractivity contribution in [3.63, 3.8) is 0 Å². The maximum Gasteiger partial charge on any atom is 0.245 e. The van der Waals surface area contributed by atoms with Crippen molar-refractivity contribution in [1.29, 1.82) is 0 Å². The highest BCUT2D eigenvalue weighted by Crippen LogP contribution is 2.23. The Morgan fingerprint density at radius 1 is 0.783 bits per heavy atom. The SMILES string of the molecule is CCCCCCCCCCCC[Si](C)(C)Oc1ccc(Cl)cc1. The van der Waals surface area contributed by atoms with Crippen molar-refractivity contribution in [2.24, 2.45) is 0 Å². The minimum atomic E-state index is -1.59. The van der Waals surface area contributed by atoms with E-state index in [2.05, 4.69) is 20.0 Å². The lowest BCUT2D eigenvalue weighted by Crippen LogP contribution is -2.33. The first-order chi connectivity index (χ1) is 11.0. The minimum absolute atomic E-state index is 0.770. The Hall–Kier alpha value is -0.473. The summed E-state index contributed by atoms with van der Waals surface area (Å²) in [5, 5.41) is 0.770. The maximum atomic E-state index is 6.22. The highest BCUT2D eigenvalue weighted by molar-refractivity contribution is 6.71. The summed E-state index contributed by atoms with van der Waals surface area (Å²) in [6.07, 6.45) is 13.9. The molecule has 0 aliphatic rings. The molecule has 0 aliphatic carbocycles. The minimum Gasteiger partial charge on any atom is -0.544 e. The Labute approximate surface area is 149 Å². The zero-order chi connectivity index (χ0) is 17.0. The van der Waals surface area contributed by atoms with E-state index in [0.29, 0.717) is 0 Å². The molecule has 0 atom stereocenters. The highest BCUT2D eigenvalue weighted by atomic mass is 35.5. The summed E-state index contributed by atoms with van der Waals surface area (Å²) < 4.78 is 6.22. The number of halogens is 1. The van der Waals surface area contributed by atoms with Gasteiger partial charge < -0.3 is 4.43 Å². The lowest BCUT2D eigenvalue weighted by molar-refractivity contribution is 0.531. The van der Waals surface area contributed by atoms with Gasteiger partial charge in [-0.15, -0.1) is 0 Å². The van der Waals surface area contributed by atoms with Crippen LogP contribution in [0.4, 0.5) is 0 Å². The van der Waals surface area contributed by atoms with E-state index in [1.165, 1.54) is 70.3 Å². The maximum absolute atomic E-state index is 6.22. The molecule has 0 radical (unpaired) electrons. The molecule has 3 heteroatoms. The van der Waals surface area contributed by atoms with Gasteiger partial charge in [-0.25, -0.2) is 0 Å². The first-order valence-corrected chi connectivity index (χ1v) is 13.0. The number of rotatable bonds is 13. The predicted octanol–water partition coefficient (Wildman–Crippen LogP) is 7.84. The van der Waals surface area contributed by atoms with E-state index in [-0.39, 0.29) is 0 Å². The lowest BCUT2D eigenvalue weighted by atomic mass is 10.1. The van der Waals surface area contributed by atoms with Crippen molar-refractivity contribution in [2.45, 2.75) is 90.3 Å². The molecular formula is C20H35ClOSi. The standard InChI is InChI=1S/C20H35ClOSi/c1-4-5-6-7-8-9-10-11-12-13-18-23(2,3)22-20-16-14-19(21)15-17-20/h14-17H,4-13,18H2,1-3H3. The Kier molecular flexibility index (Phi) is 10.7. The molecule has 0 N–H and O–H groups in total. The Balaban J connectivity index is 2.04. The topological polar surface area (TPSA) is 9.23 Å². The Morgan fingerprint density at radius 3 is 1.78 bits per heavy atom. The fourth-order valence-corrected chi connectivity index (χ4v) is 5.01. The molecule has 1 aromatic carbocycles. The van der Waals surface area contributed by atoms with Crippen molar-refractivity contribution < 1.29 is 4.43 Å². The van der Waals surface area contributed by atoms with Crippen LogP contribution < -0.4 is 4.43 Å². The van der Waals surface area contributed by atoms with Gasteiger partial charge in [0, 0.05) is 5.02 Å². The Morgan fingerprint density at radius 2 is 1.26 bits per heavy atom. The van der Waals surface area contributed by atoms with Crippen molar-refractivity contribution in [2.75, 3.05) is 0 Å². The smallest absolute Gasteiger partial charge is 0.245 e. The summed E-state index contributed by atoms with van der Waals surface area (Å²) in [6.45, 7) is 6.91. The average Bonchev–Trinajstić information content (AvgIpc) is 2.51. The quantitative estimate of drug-likeness (QED) is 0.259. The highest BCUT2D eigenvalue weighted by Gasteiger charge is 2.23. The Bertz CT molecular complexity index is 403. The number of hydrogen-bond donors (Lipinski definition) is 0. The summed E-state index contributed by atoms with van der Waals surface area (Å²) in [7, 11) is -1.59. The zero-order valence-electron chi connectivity index (χ0n) is 15.4. The fourth-order valence-electron chi connectivity index (χ4n) is 2.91. The molecule has 0 spiro atoms. The van der Waals surface area contributed by atoms with Gasteiger partial charge in [-0.3, -0.25) is 0 Å². The molecule has 0 unspecified atom stereocenters. The molecule has 23 heavy (non-hydrogen) atoms. The third kappa shape index (κ3) is 10.8. The van der Waals surface area contributed by atoms with Crippen LogP contribution in [0.25, 0.3) is 0 Å². The molecule has 0 fully saturated rings. The van der Waals surface area contributed by atoms with E-state index in [4.69, 9.17) is 16.0 Å². The number of hydrogen-bond acceptors (Lipinski definition) is 1. The van der Waals surface area contributed by atoms with Crippen LogP contribution in [0.3, 0.4) is 0 Å². The molecule has 0 saturated carbocycles. The van der Waals surface area contributed by atoms with Crippen LogP contribution >= 0.6 is 11.6 Å². The van der Waals surface area contributed by atoms with Gasteiger partial charge in [-0.05, 0) is 43.4 Å². The third-order valence-electron chi connectivity index (χ3n) is 4.34. The molecule has 132 valence electrons. The van der Waals surface area contributed by atoms with E-state index < -0.39 is 8.32 Å². The van der Waals surface area contributed by atoms with Crippen LogP contribution in [0.2, 0.25) is 24.2 Å². The molecule has 1 nitrogen and oxygen atoms in total. The van der Waals surface area contributed by atoms with Gasteiger partial charge in [0.1, 0.15) is 5.75 Å². The summed E-state index contributed by atoms with van der Waals surface area (Å²) in [4.78, 5) is 0. The van der Waals surface area contributed by atoms with Crippen LogP contribution in [0.5, 0.6) is 5.75 Å². The first kappa shape index (κ1) is 20.6. The van der Waals surface area contributed by atoms with Gasteiger partial charge in [0.15, 0.2) is 0 Å². The van der Waals surface area contributed by atoms with Gasteiger partial charge in [0.2, 0.25) is 8.32 Å². The third-order valence-corrected chi connectivity index (χ3v) is 6.94. The molecule has 1 aromatic rings. The molecule has 0 amide bonds. The van der Waals surface area contributed by atoms with Crippen molar-refractivity contribution in [3.8, 4) is 5.75 Å². The van der Waals surface area contributed by atoms with E-state index in [0.717, 1.165) is 10.8 Å². The van der Waals surface area contributed by atoms with Crippen molar-refractivity contribution in [1.82, 2.24) is 0 Å². The second kappa shape index (κ2) is 12.0. The molecule has 0 bridgehead atoms. The van der Waals surface area contributed by atoms with Crippen molar-refractivity contribution in [3.05, 3.63) is 29.3 Å². The van der Waals surface area contributed by atoms with E-state index in [1.54, 1.807) is 0 Å². The largest absolute Gasteiger partial charge is 0.544 e. The van der Waals surface area contributed by atoms with Gasteiger partial charge in [0.05, 0.1) is 0 Å². The summed E-state index contributed by atoms with van der Waals surface area (Å²) in [5.41, 5.74) is 0. The van der Waals surface area contributed by atoms with Crippen LogP contribution in [0, 0.1) is 0 Å². The average molecular weight is 355 g/mol. The second-order valence-electron chi connectivity index (χ2n) is 7.25. The molecule has 1 rings (SSSR count). The van der Waals surface area contributed by atoms with Crippen molar-refractivity contribution >= 4 is 19.9 Å². The van der Waals surface area contributed by atoms with E-state index in [9.17, 15) is 0 Å². The normalized spacial score (nSPS) is 11.7. The van der Waals surface area contributed by atoms with Gasteiger partial charge in [0.25, 0.3) is 0 Å². The van der Waals surface area contributed by atoms with Crippen LogP contribution in [0.1, 0.15) is 71.1 Å². The predicted molar refractivity (Wildman–Crippen MR) is 106 cm³/mol. The fraction of sp³-hybridized carbons (Fsp3) is 0.700. The second-order valence-corrected chi connectivity index (χ2v) is 11.9. The van der Waals surface area contributed by atoms with Crippen LogP contribution in [-0.4, -0.2) is 8.32 Å². The van der Waals surface area contributed by atoms with E-state index >= 15 is 0 Å². The summed E-state index contributed by atoms with van der Waals surface area (Å²) in [5.74, 6) is 0.971. The van der Waals surface area contributed by atoms with E-state index in [1.807, 2.05) is 24.3 Å². The van der Waals surface area contributed by atoms with Crippen LogP contribution in [-0.2, 0) is 0 Å². The monoisotopic (exact) mass is 354 g/mol. The van der Waals surface area contributed by atoms with Crippen LogP contribution in [0.15, 0.2) is 24.3 Å². The van der Waals surface area contributed by atoms with Gasteiger partial charge in [-0.1, -0.05) is 82.7 Å². The zero-order valence-corrected chi connectivity index (χ0v) is 17.1. The molecule has 0 heterocycles. The van der Waals surface area contributed by atoms with Gasteiger partial charge in [-0.2, -0.15) is 0 Å². The molecule has 0 aliphatic heterocycles. The molecular weight excluding hydrogens is 320 g/mol. The molecule has 0 saturated heterocycles. The summed E-state index contributed by atoms with van der Waals surface area (Å²) in [6, 6.07) is 9.02. The molecule has 0 aromatic heterocycles. The summed E-state index contributed by atoms with van der Waals surface area (Å²) >= 11 is 5.92. The number of unbranched alkanes of at least 4 members (excludes halogenated alkanes) is 9. The van der Waals surface area contributed by atoms with Gasteiger partial charge >= 0.3 is 0 Å². The first-order valence-electron chi connectivity index (χ1n) is 9.48. The lowest BCUT2D eigenvalue weighted by Gasteiger charge is -2.24.